The van der Waals surface area contributed by atoms with Gasteiger partial charge in [0.25, 0.3) is 0 Å². The summed E-state index contributed by atoms with van der Waals surface area (Å²) in [6.07, 6.45) is 4.87. The van der Waals surface area contributed by atoms with Gasteiger partial charge in [0, 0.05) is 31.4 Å². The quantitative estimate of drug-likeness (QED) is 0.890. The third kappa shape index (κ3) is 3.39. The molecule has 100 valence electrons. The van der Waals surface area contributed by atoms with Gasteiger partial charge in [-0.05, 0) is 43.7 Å². The minimum Gasteiger partial charge on any atom is -0.497 e. The zero-order valence-electron chi connectivity index (χ0n) is 11.4. The van der Waals surface area contributed by atoms with Crippen LogP contribution in [0.1, 0.15) is 25.7 Å². The van der Waals surface area contributed by atoms with E-state index in [1.807, 2.05) is 12.1 Å². The van der Waals surface area contributed by atoms with Crippen LogP contribution in [-0.4, -0.2) is 26.7 Å². The van der Waals surface area contributed by atoms with Gasteiger partial charge in [-0.3, -0.25) is 0 Å². The van der Waals surface area contributed by atoms with Gasteiger partial charge in [-0.1, -0.05) is 6.07 Å². The summed E-state index contributed by atoms with van der Waals surface area (Å²) < 4.78 is 5.27. The normalized spacial score (nSPS) is 23.7. The van der Waals surface area contributed by atoms with Crippen molar-refractivity contribution in [3.05, 3.63) is 24.3 Å². The lowest BCUT2D eigenvalue weighted by Crippen LogP contribution is -2.32. The summed E-state index contributed by atoms with van der Waals surface area (Å²) in [5.41, 5.74) is 7.17. The molecule has 1 saturated carbocycles. The van der Waals surface area contributed by atoms with E-state index in [0.29, 0.717) is 6.04 Å². The van der Waals surface area contributed by atoms with Crippen molar-refractivity contribution in [1.82, 2.24) is 0 Å². The number of nitrogens with zero attached hydrogens (tertiary/aromatic N) is 1. The van der Waals surface area contributed by atoms with Crippen molar-refractivity contribution in [2.45, 2.75) is 31.7 Å². The molecule has 1 aromatic carbocycles. The molecule has 3 heteroatoms. The van der Waals surface area contributed by atoms with Crippen LogP contribution in [0.15, 0.2) is 24.3 Å². The Labute approximate surface area is 110 Å². The number of benzene rings is 1. The maximum absolute atomic E-state index is 5.95. The van der Waals surface area contributed by atoms with Crippen molar-refractivity contribution < 1.29 is 4.74 Å². The van der Waals surface area contributed by atoms with Crippen LogP contribution in [0.25, 0.3) is 0 Å². The average Bonchev–Trinajstić information content (AvgIpc) is 2.41. The van der Waals surface area contributed by atoms with Crippen LogP contribution >= 0.6 is 0 Å². The zero-order chi connectivity index (χ0) is 13.0. The van der Waals surface area contributed by atoms with E-state index >= 15 is 0 Å². The molecule has 0 unspecified atom stereocenters. The van der Waals surface area contributed by atoms with Gasteiger partial charge in [-0.2, -0.15) is 0 Å². The van der Waals surface area contributed by atoms with E-state index < -0.39 is 0 Å². The van der Waals surface area contributed by atoms with Crippen LogP contribution in [0.5, 0.6) is 5.75 Å². The maximum atomic E-state index is 5.95. The minimum absolute atomic E-state index is 0.434. The number of anilines is 1. The van der Waals surface area contributed by atoms with Gasteiger partial charge in [0.2, 0.25) is 0 Å². The highest BCUT2D eigenvalue weighted by atomic mass is 16.5. The third-order valence-corrected chi connectivity index (χ3v) is 3.92. The van der Waals surface area contributed by atoms with Gasteiger partial charge < -0.3 is 15.4 Å². The Kier molecular flexibility index (Phi) is 4.48. The molecule has 0 aromatic heterocycles. The maximum Gasteiger partial charge on any atom is 0.120 e. The van der Waals surface area contributed by atoms with Gasteiger partial charge in [-0.25, -0.2) is 0 Å². The minimum atomic E-state index is 0.434. The second kappa shape index (κ2) is 6.10. The summed E-state index contributed by atoms with van der Waals surface area (Å²) in [6, 6.07) is 8.69. The van der Waals surface area contributed by atoms with Crippen LogP contribution in [0.2, 0.25) is 0 Å². The van der Waals surface area contributed by atoms with E-state index in [9.17, 15) is 0 Å². The molecule has 18 heavy (non-hydrogen) atoms. The average molecular weight is 248 g/mol. The topological polar surface area (TPSA) is 38.5 Å². The Bertz CT molecular complexity index is 373. The Morgan fingerprint density at radius 1 is 1.28 bits per heavy atom. The molecule has 0 bridgehead atoms. The molecular formula is C15H24N2O. The lowest BCUT2D eigenvalue weighted by Gasteiger charge is -2.30. The van der Waals surface area contributed by atoms with Crippen molar-refractivity contribution >= 4 is 5.69 Å². The third-order valence-electron chi connectivity index (χ3n) is 3.92. The number of hydrogen-bond donors (Lipinski definition) is 1. The number of ether oxygens (including phenoxy) is 1. The molecule has 0 aliphatic heterocycles. The summed E-state index contributed by atoms with van der Waals surface area (Å²) in [5.74, 6) is 1.70. The van der Waals surface area contributed by atoms with E-state index in [2.05, 4.69) is 24.1 Å². The van der Waals surface area contributed by atoms with Crippen molar-refractivity contribution in [1.29, 1.82) is 0 Å². The van der Waals surface area contributed by atoms with Gasteiger partial charge in [0.05, 0.1) is 7.11 Å². The van der Waals surface area contributed by atoms with Crippen LogP contribution in [0.4, 0.5) is 5.69 Å². The van der Waals surface area contributed by atoms with E-state index in [1.54, 1.807) is 7.11 Å². The number of hydrogen-bond acceptors (Lipinski definition) is 3. The highest BCUT2D eigenvalue weighted by Gasteiger charge is 2.19. The lowest BCUT2D eigenvalue weighted by atomic mass is 9.86. The zero-order valence-corrected chi connectivity index (χ0v) is 11.4. The monoisotopic (exact) mass is 248 g/mol. The fourth-order valence-electron chi connectivity index (χ4n) is 2.71. The number of methoxy groups -OCH3 is 1. The van der Waals surface area contributed by atoms with Crippen LogP contribution in [0, 0.1) is 5.92 Å². The fraction of sp³-hybridized carbons (Fsp3) is 0.600. The predicted octanol–water partition coefficient (Wildman–Crippen LogP) is 2.65. The second-order valence-corrected chi connectivity index (χ2v) is 5.36. The van der Waals surface area contributed by atoms with E-state index in [1.165, 1.54) is 31.4 Å². The molecular weight excluding hydrogens is 224 g/mol. The molecule has 0 saturated heterocycles. The number of nitrogens with two attached hydrogens (primary N) is 1. The summed E-state index contributed by atoms with van der Waals surface area (Å²) in [5, 5.41) is 0. The SMILES string of the molecule is COc1cccc(N(C)CC2CCC(N)CC2)c1. The largest absolute Gasteiger partial charge is 0.497 e. The molecule has 0 amide bonds. The van der Waals surface area contributed by atoms with Gasteiger partial charge in [0.1, 0.15) is 5.75 Å². The predicted molar refractivity (Wildman–Crippen MR) is 76.2 cm³/mol. The number of rotatable bonds is 4. The summed E-state index contributed by atoms with van der Waals surface area (Å²) >= 11 is 0. The molecule has 0 radical (unpaired) electrons. The molecule has 0 spiro atoms. The molecule has 1 aromatic rings. The van der Waals surface area contributed by atoms with E-state index in [4.69, 9.17) is 10.5 Å². The second-order valence-electron chi connectivity index (χ2n) is 5.36. The Balaban J connectivity index is 1.92. The van der Waals surface area contributed by atoms with Crippen molar-refractivity contribution in [3.63, 3.8) is 0 Å². The lowest BCUT2D eigenvalue weighted by molar-refractivity contribution is 0.330. The van der Waals surface area contributed by atoms with Crippen LogP contribution in [-0.2, 0) is 0 Å². The first-order valence-corrected chi connectivity index (χ1v) is 6.80. The molecule has 2 N–H and O–H groups in total. The molecule has 2 rings (SSSR count). The highest BCUT2D eigenvalue weighted by molar-refractivity contribution is 5.50. The Hall–Kier alpha value is -1.22. The van der Waals surface area contributed by atoms with Gasteiger partial charge >= 0.3 is 0 Å². The Morgan fingerprint density at radius 3 is 2.67 bits per heavy atom. The summed E-state index contributed by atoms with van der Waals surface area (Å²) in [4.78, 5) is 2.32. The molecule has 1 aliphatic carbocycles. The van der Waals surface area contributed by atoms with Gasteiger partial charge in [-0.15, -0.1) is 0 Å². The van der Waals surface area contributed by atoms with Crippen molar-refractivity contribution in [2.24, 2.45) is 11.7 Å². The molecule has 1 aliphatic rings. The first-order chi connectivity index (χ1) is 8.69. The standard InChI is InChI=1S/C15H24N2O/c1-17(11-12-6-8-13(16)9-7-12)14-4-3-5-15(10-14)18-2/h3-5,10,12-13H,6-9,11,16H2,1-2H3. The molecule has 0 atom stereocenters. The van der Waals surface area contributed by atoms with Crippen LogP contribution in [0.3, 0.4) is 0 Å². The highest BCUT2D eigenvalue weighted by Crippen LogP contribution is 2.26. The summed E-state index contributed by atoms with van der Waals surface area (Å²) in [7, 11) is 3.87. The van der Waals surface area contributed by atoms with Crippen molar-refractivity contribution in [2.75, 3.05) is 25.6 Å². The van der Waals surface area contributed by atoms with E-state index in [0.717, 1.165) is 18.2 Å². The first-order valence-electron chi connectivity index (χ1n) is 6.80. The molecule has 0 heterocycles. The molecule has 1 fully saturated rings. The van der Waals surface area contributed by atoms with Gasteiger partial charge in [0.15, 0.2) is 0 Å². The first kappa shape index (κ1) is 13.2. The van der Waals surface area contributed by atoms with Crippen molar-refractivity contribution in [3.8, 4) is 5.75 Å². The summed E-state index contributed by atoms with van der Waals surface area (Å²) in [6.45, 7) is 1.11. The van der Waals surface area contributed by atoms with Crippen LogP contribution < -0.4 is 15.4 Å². The smallest absolute Gasteiger partial charge is 0.120 e. The molecule has 3 nitrogen and oxygen atoms in total. The Morgan fingerprint density at radius 2 is 2.00 bits per heavy atom. The van der Waals surface area contributed by atoms with E-state index in [-0.39, 0.29) is 0 Å². The fourth-order valence-corrected chi connectivity index (χ4v) is 2.71.